The summed E-state index contributed by atoms with van der Waals surface area (Å²) >= 11 is 0. The van der Waals surface area contributed by atoms with Crippen molar-refractivity contribution in [2.75, 3.05) is 24.5 Å². The molecule has 1 fully saturated rings. The molecule has 0 unspecified atom stereocenters. The van der Waals surface area contributed by atoms with Gasteiger partial charge in [0.1, 0.15) is 0 Å². The second-order valence-corrected chi connectivity index (χ2v) is 8.11. The van der Waals surface area contributed by atoms with Crippen LogP contribution < -0.4 is 15.5 Å². The zero-order valence-electron chi connectivity index (χ0n) is 18.2. The zero-order chi connectivity index (χ0) is 22.2. The van der Waals surface area contributed by atoms with E-state index in [9.17, 15) is 9.59 Å². The first-order chi connectivity index (χ1) is 15.7. The van der Waals surface area contributed by atoms with E-state index in [1.54, 1.807) is 0 Å². The molecule has 2 amide bonds. The molecule has 0 saturated carbocycles. The van der Waals surface area contributed by atoms with Gasteiger partial charge in [-0.05, 0) is 49.1 Å². The SMILES string of the molecule is O=C(NC1CCN(c2ccccc2C(=O)NCCc2ccccc2)CC1)c1ccccc1. The second kappa shape index (κ2) is 10.6. The van der Waals surface area contributed by atoms with E-state index >= 15 is 0 Å². The van der Waals surface area contributed by atoms with Crippen molar-refractivity contribution in [1.82, 2.24) is 10.6 Å². The second-order valence-electron chi connectivity index (χ2n) is 8.11. The maximum Gasteiger partial charge on any atom is 0.253 e. The third kappa shape index (κ3) is 5.55. The van der Waals surface area contributed by atoms with Crippen LogP contribution in [0.3, 0.4) is 0 Å². The fourth-order valence-electron chi connectivity index (χ4n) is 4.12. The van der Waals surface area contributed by atoms with Crippen molar-refractivity contribution in [1.29, 1.82) is 0 Å². The summed E-state index contributed by atoms with van der Waals surface area (Å²) in [6.45, 7) is 2.20. The van der Waals surface area contributed by atoms with E-state index in [-0.39, 0.29) is 17.9 Å². The first-order valence-corrected chi connectivity index (χ1v) is 11.2. The lowest BCUT2D eigenvalue weighted by molar-refractivity contribution is 0.0929. The van der Waals surface area contributed by atoms with E-state index in [0.29, 0.717) is 17.7 Å². The maximum atomic E-state index is 12.9. The normalized spacial score (nSPS) is 14.1. The molecule has 0 radical (unpaired) electrons. The minimum absolute atomic E-state index is 0.0257. The molecule has 2 N–H and O–H groups in total. The van der Waals surface area contributed by atoms with Crippen LogP contribution in [0.25, 0.3) is 0 Å². The van der Waals surface area contributed by atoms with E-state index in [1.807, 2.05) is 72.8 Å². The van der Waals surface area contributed by atoms with Gasteiger partial charge in [0, 0.05) is 36.9 Å². The Morgan fingerprint density at radius 2 is 1.41 bits per heavy atom. The summed E-state index contributed by atoms with van der Waals surface area (Å²) in [5.41, 5.74) is 3.55. The first kappa shape index (κ1) is 21.6. The van der Waals surface area contributed by atoms with Crippen molar-refractivity contribution in [2.45, 2.75) is 25.3 Å². The Kier molecular flexibility index (Phi) is 7.18. The maximum absolute atomic E-state index is 12.9. The molecule has 0 aromatic heterocycles. The molecule has 0 atom stereocenters. The lowest BCUT2D eigenvalue weighted by Gasteiger charge is -2.35. The molecule has 3 aromatic carbocycles. The highest BCUT2D eigenvalue weighted by Crippen LogP contribution is 2.24. The number of piperidine rings is 1. The summed E-state index contributed by atoms with van der Waals surface area (Å²) in [6.07, 6.45) is 2.51. The minimum atomic E-state index is -0.0453. The van der Waals surface area contributed by atoms with Crippen LogP contribution in [-0.2, 0) is 6.42 Å². The predicted octanol–water partition coefficient (Wildman–Crippen LogP) is 4.06. The van der Waals surface area contributed by atoms with Gasteiger partial charge in [0.05, 0.1) is 5.56 Å². The third-order valence-corrected chi connectivity index (χ3v) is 5.90. The van der Waals surface area contributed by atoms with Gasteiger partial charge in [0.15, 0.2) is 0 Å². The van der Waals surface area contributed by atoms with Gasteiger partial charge in [-0.15, -0.1) is 0 Å². The number of rotatable bonds is 7. The standard InChI is InChI=1S/C27H29N3O2/c31-26(22-11-5-2-6-12-22)29-23-16-19-30(20-17-23)25-14-8-7-13-24(25)27(32)28-18-15-21-9-3-1-4-10-21/h1-14,23H,15-20H2,(H,28,32)(H,29,31). The van der Waals surface area contributed by atoms with E-state index in [0.717, 1.165) is 38.0 Å². The molecule has 0 spiro atoms. The van der Waals surface area contributed by atoms with Gasteiger partial charge in [-0.3, -0.25) is 9.59 Å². The Balaban J connectivity index is 1.32. The Morgan fingerprint density at radius 1 is 0.781 bits per heavy atom. The zero-order valence-corrected chi connectivity index (χ0v) is 18.2. The lowest BCUT2D eigenvalue weighted by Crippen LogP contribution is -2.45. The molecule has 32 heavy (non-hydrogen) atoms. The van der Waals surface area contributed by atoms with Crippen LogP contribution in [0.4, 0.5) is 5.69 Å². The van der Waals surface area contributed by atoms with Crippen molar-refractivity contribution in [3.63, 3.8) is 0 Å². The number of amides is 2. The summed E-state index contributed by atoms with van der Waals surface area (Å²) < 4.78 is 0. The number of para-hydroxylation sites is 1. The minimum Gasteiger partial charge on any atom is -0.371 e. The molecule has 1 aliphatic rings. The molecule has 1 heterocycles. The first-order valence-electron chi connectivity index (χ1n) is 11.2. The van der Waals surface area contributed by atoms with Gasteiger partial charge in [0.2, 0.25) is 0 Å². The monoisotopic (exact) mass is 427 g/mol. The van der Waals surface area contributed by atoms with E-state index in [2.05, 4.69) is 27.7 Å². The van der Waals surface area contributed by atoms with Crippen molar-refractivity contribution in [3.8, 4) is 0 Å². The molecule has 0 aliphatic carbocycles. The molecule has 3 aromatic rings. The smallest absolute Gasteiger partial charge is 0.253 e. The number of nitrogens with one attached hydrogen (secondary N) is 2. The molecule has 1 aliphatic heterocycles. The van der Waals surface area contributed by atoms with Gasteiger partial charge in [-0.25, -0.2) is 0 Å². The highest BCUT2D eigenvalue weighted by atomic mass is 16.2. The lowest BCUT2D eigenvalue weighted by atomic mass is 10.0. The van der Waals surface area contributed by atoms with Gasteiger partial charge < -0.3 is 15.5 Å². The number of nitrogens with zero attached hydrogens (tertiary/aromatic N) is 1. The Morgan fingerprint density at radius 3 is 2.12 bits per heavy atom. The highest BCUT2D eigenvalue weighted by Gasteiger charge is 2.24. The van der Waals surface area contributed by atoms with Crippen molar-refractivity contribution < 1.29 is 9.59 Å². The fourth-order valence-corrected chi connectivity index (χ4v) is 4.12. The number of benzene rings is 3. The van der Waals surface area contributed by atoms with Gasteiger partial charge >= 0.3 is 0 Å². The Bertz CT molecular complexity index is 1030. The molecule has 1 saturated heterocycles. The molecule has 164 valence electrons. The number of hydrogen-bond donors (Lipinski definition) is 2. The van der Waals surface area contributed by atoms with Crippen LogP contribution in [0, 0.1) is 0 Å². The topological polar surface area (TPSA) is 61.4 Å². The average molecular weight is 428 g/mol. The number of anilines is 1. The van der Waals surface area contributed by atoms with E-state index in [4.69, 9.17) is 0 Å². The molecule has 5 heteroatoms. The summed E-state index contributed by atoms with van der Waals surface area (Å²) in [5, 5.41) is 6.20. The van der Waals surface area contributed by atoms with Crippen LogP contribution >= 0.6 is 0 Å². The largest absolute Gasteiger partial charge is 0.371 e. The number of carbonyl (C=O) groups excluding carboxylic acids is 2. The van der Waals surface area contributed by atoms with Crippen LogP contribution in [0.2, 0.25) is 0 Å². The number of hydrogen-bond acceptors (Lipinski definition) is 3. The third-order valence-electron chi connectivity index (χ3n) is 5.90. The fraction of sp³-hybridized carbons (Fsp3) is 0.259. The van der Waals surface area contributed by atoms with Crippen LogP contribution in [-0.4, -0.2) is 37.5 Å². The highest BCUT2D eigenvalue weighted by molar-refractivity contribution is 5.99. The van der Waals surface area contributed by atoms with Crippen molar-refractivity contribution in [3.05, 3.63) is 102 Å². The Labute approximate surface area is 189 Å². The summed E-state index contributed by atoms with van der Waals surface area (Å²) in [6, 6.07) is 27.4. The quantitative estimate of drug-likeness (QED) is 0.598. The van der Waals surface area contributed by atoms with Gasteiger partial charge in [-0.1, -0.05) is 60.7 Å². The molecule has 5 nitrogen and oxygen atoms in total. The van der Waals surface area contributed by atoms with Crippen LogP contribution in [0.5, 0.6) is 0 Å². The van der Waals surface area contributed by atoms with Crippen LogP contribution in [0.1, 0.15) is 39.1 Å². The number of carbonyl (C=O) groups is 2. The summed E-state index contributed by atoms with van der Waals surface area (Å²) in [4.78, 5) is 27.6. The summed E-state index contributed by atoms with van der Waals surface area (Å²) in [5.74, 6) is -0.0710. The predicted molar refractivity (Wildman–Crippen MR) is 128 cm³/mol. The van der Waals surface area contributed by atoms with E-state index < -0.39 is 0 Å². The molecule has 0 bridgehead atoms. The molecule has 4 rings (SSSR count). The Hall–Kier alpha value is -3.60. The van der Waals surface area contributed by atoms with Gasteiger partial charge in [0.25, 0.3) is 11.8 Å². The van der Waals surface area contributed by atoms with Crippen LogP contribution in [0.15, 0.2) is 84.9 Å². The molecular formula is C27H29N3O2. The summed E-state index contributed by atoms with van der Waals surface area (Å²) in [7, 11) is 0. The van der Waals surface area contributed by atoms with Gasteiger partial charge in [-0.2, -0.15) is 0 Å². The van der Waals surface area contributed by atoms with E-state index in [1.165, 1.54) is 5.56 Å². The average Bonchev–Trinajstić information content (AvgIpc) is 2.85. The molecular weight excluding hydrogens is 398 g/mol. The van der Waals surface area contributed by atoms with Crippen molar-refractivity contribution >= 4 is 17.5 Å². The van der Waals surface area contributed by atoms with Crippen molar-refractivity contribution in [2.24, 2.45) is 0 Å².